The van der Waals surface area contributed by atoms with Crippen LogP contribution >= 0.6 is 11.3 Å². The highest BCUT2D eigenvalue weighted by Gasteiger charge is 2.24. The summed E-state index contributed by atoms with van der Waals surface area (Å²) >= 11 is 1.39. The SMILES string of the molecule is COC(=O)CCNC(=O)C(Oc1cccc2sc(C(=N)N)cc12)c1ccccc1. The minimum absolute atomic E-state index is 0.0164. The molecule has 8 heteroatoms. The third-order valence-electron chi connectivity index (χ3n) is 4.23. The van der Waals surface area contributed by atoms with Crippen LogP contribution in [0.15, 0.2) is 54.6 Å². The smallest absolute Gasteiger partial charge is 0.307 e. The summed E-state index contributed by atoms with van der Waals surface area (Å²) in [5, 5.41) is 11.2. The Bertz CT molecular complexity index is 1030. The van der Waals surface area contributed by atoms with E-state index in [1.807, 2.05) is 30.3 Å². The Morgan fingerprint density at radius 3 is 2.62 bits per heavy atom. The molecule has 0 aliphatic rings. The van der Waals surface area contributed by atoms with Gasteiger partial charge in [-0.3, -0.25) is 15.0 Å². The van der Waals surface area contributed by atoms with E-state index in [0.717, 1.165) is 10.1 Å². The van der Waals surface area contributed by atoms with Gasteiger partial charge >= 0.3 is 5.97 Å². The van der Waals surface area contributed by atoms with Crippen molar-refractivity contribution in [3.05, 3.63) is 65.0 Å². The molecule has 1 unspecified atom stereocenters. The fourth-order valence-corrected chi connectivity index (χ4v) is 3.72. The third-order valence-corrected chi connectivity index (χ3v) is 5.36. The average molecular weight is 411 g/mol. The number of hydrogen-bond acceptors (Lipinski definition) is 6. The number of amidine groups is 1. The van der Waals surface area contributed by atoms with Gasteiger partial charge in [-0.25, -0.2) is 0 Å². The molecule has 1 atom stereocenters. The summed E-state index contributed by atoms with van der Waals surface area (Å²) < 4.78 is 11.6. The second-order valence-electron chi connectivity index (χ2n) is 6.22. The summed E-state index contributed by atoms with van der Waals surface area (Å²) in [7, 11) is 1.30. The first-order valence-electron chi connectivity index (χ1n) is 8.92. The molecule has 0 radical (unpaired) electrons. The maximum Gasteiger partial charge on any atom is 0.307 e. The zero-order valence-corrected chi connectivity index (χ0v) is 16.6. The Morgan fingerprint density at radius 2 is 1.93 bits per heavy atom. The summed E-state index contributed by atoms with van der Waals surface area (Å²) in [6.45, 7) is 0.148. The van der Waals surface area contributed by atoms with E-state index in [9.17, 15) is 9.59 Å². The van der Waals surface area contributed by atoms with Gasteiger partial charge in [0, 0.05) is 22.2 Å². The second kappa shape index (κ2) is 9.20. The third kappa shape index (κ3) is 4.91. The largest absolute Gasteiger partial charge is 0.475 e. The lowest BCUT2D eigenvalue weighted by molar-refractivity contribution is -0.140. The number of hydrogen-bond donors (Lipinski definition) is 3. The van der Waals surface area contributed by atoms with Crippen LogP contribution < -0.4 is 15.8 Å². The zero-order valence-electron chi connectivity index (χ0n) is 15.8. The molecule has 1 heterocycles. The first kappa shape index (κ1) is 20.3. The highest BCUT2D eigenvalue weighted by atomic mass is 32.1. The number of carbonyl (C=O) groups is 2. The van der Waals surface area contributed by atoms with Gasteiger partial charge in [0.2, 0.25) is 6.10 Å². The molecule has 0 saturated heterocycles. The highest BCUT2D eigenvalue weighted by Crippen LogP contribution is 2.35. The Kier molecular flexibility index (Phi) is 6.46. The predicted molar refractivity (Wildman–Crippen MR) is 112 cm³/mol. The van der Waals surface area contributed by atoms with E-state index in [1.54, 1.807) is 24.3 Å². The van der Waals surface area contributed by atoms with Crippen molar-refractivity contribution < 1.29 is 19.1 Å². The van der Waals surface area contributed by atoms with Gasteiger partial charge in [-0.15, -0.1) is 11.3 Å². The number of amides is 1. The van der Waals surface area contributed by atoms with Gasteiger partial charge in [-0.2, -0.15) is 0 Å². The van der Waals surface area contributed by atoms with Crippen molar-refractivity contribution >= 4 is 39.1 Å². The summed E-state index contributed by atoms with van der Waals surface area (Å²) in [5.41, 5.74) is 6.29. The predicted octanol–water partition coefficient (Wildman–Crippen LogP) is 2.98. The van der Waals surface area contributed by atoms with E-state index in [-0.39, 0.29) is 24.7 Å². The molecule has 150 valence electrons. The number of methoxy groups -OCH3 is 1. The van der Waals surface area contributed by atoms with Crippen LogP contribution in [0.4, 0.5) is 0 Å². The van der Waals surface area contributed by atoms with E-state index in [0.29, 0.717) is 16.2 Å². The number of nitrogens with two attached hydrogens (primary N) is 1. The van der Waals surface area contributed by atoms with Gasteiger partial charge in [-0.05, 0) is 18.2 Å². The lowest BCUT2D eigenvalue weighted by Crippen LogP contribution is -2.34. The number of nitrogens with one attached hydrogen (secondary N) is 2. The van der Waals surface area contributed by atoms with Crippen molar-refractivity contribution in [2.75, 3.05) is 13.7 Å². The lowest BCUT2D eigenvalue weighted by Gasteiger charge is -2.19. The summed E-state index contributed by atoms with van der Waals surface area (Å²) in [6.07, 6.45) is -0.827. The van der Waals surface area contributed by atoms with E-state index >= 15 is 0 Å². The van der Waals surface area contributed by atoms with E-state index in [2.05, 4.69) is 10.1 Å². The molecule has 0 saturated carbocycles. The van der Waals surface area contributed by atoms with Crippen LogP contribution in [0.1, 0.15) is 23.0 Å². The Morgan fingerprint density at radius 1 is 1.17 bits per heavy atom. The number of rotatable bonds is 8. The van der Waals surface area contributed by atoms with Gasteiger partial charge in [-0.1, -0.05) is 36.4 Å². The molecule has 0 fully saturated rings. The molecule has 4 N–H and O–H groups in total. The van der Waals surface area contributed by atoms with Crippen molar-refractivity contribution in [2.45, 2.75) is 12.5 Å². The monoisotopic (exact) mass is 411 g/mol. The fourth-order valence-electron chi connectivity index (χ4n) is 2.78. The molecule has 0 bridgehead atoms. The molecule has 0 spiro atoms. The van der Waals surface area contributed by atoms with Crippen LogP contribution in [0.2, 0.25) is 0 Å². The number of ether oxygens (including phenoxy) is 2. The van der Waals surface area contributed by atoms with Gasteiger partial charge in [0.25, 0.3) is 5.91 Å². The lowest BCUT2D eigenvalue weighted by atomic mass is 10.1. The zero-order chi connectivity index (χ0) is 20.8. The van der Waals surface area contributed by atoms with Crippen LogP contribution in [-0.4, -0.2) is 31.4 Å². The quantitative estimate of drug-likeness (QED) is 0.299. The molecule has 2 aromatic carbocycles. The molecular formula is C21H21N3O4S. The standard InChI is InChI=1S/C21H21N3O4S/c1-27-18(25)10-11-24-21(26)19(13-6-3-2-4-7-13)28-15-8-5-9-16-14(15)12-17(29-16)20(22)23/h2-9,12,19H,10-11H2,1H3,(H3,22,23)(H,24,26). The van der Waals surface area contributed by atoms with Crippen LogP contribution in [0.25, 0.3) is 10.1 Å². The number of nitrogen functional groups attached to an aromatic ring is 1. The second-order valence-corrected chi connectivity index (χ2v) is 7.30. The maximum absolute atomic E-state index is 12.8. The molecule has 3 aromatic rings. The van der Waals surface area contributed by atoms with Crippen LogP contribution in [0, 0.1) is 5.41 Å². The first-order chi connectivity index (χ1) is 14.0. The minimum Gasteiger partial charge on any atom is -0.475 e. The van der Waals surface area contributed by atoms with Crippen LogP contribution in [0.5, 0.6) is 5.75 Å². The van der Waals surface area contributed by atoms with Crippen molar-refractivity contribution in [1.29, 1.82) is 5.41 Å². The highest BCUT2D eigenvalue weighted by molar-refractivity contribution is 7.20. The number of carbonyl (C=O) groups excluding carboxylic acids is 2. The minimum atomic E-state index is -0.903. The Labute approximate surface area is 171 Å². The average Bonchev–Trinajstić information content (AvgIpc) is 3.18. The Balaban J connectivity index is 1.87. The summed E-state index contributed by atoms with van der Waals surface area (Å²) in [5.74, 6) is -0.262. The molecule has 29 heavy (non-hydrogen) atoms. The van der Waals surface area contributed by atoms with Gasteiger partial charge in [0.05, 0.1) is 18.4 Å². The fraction of sp³-hybridized carbons (Fsp3) is 0.190. The Hall–Kier alpha value is -3.39. The number of esters is 1. The van der Waals surface area contributed by atoms with E-state index < -0.39 is 12.1 Å². The van der Waals surface area contributed by atoms with Crippen molar-refractivity contribution in [3.8, 4) is 5.75 Å². The maximum atomic E-state index is 12.8. The molecule has 7 nitrogen and oxygen atoms in total. The summed E-state index contributed by atoms with van der Waals surface area (Å²) in [4.78, 5) is 24.8. The number of thiophene rings is 1. The topological polar surface area (TPSA) is 114 Å². The van der Waals surface area contributed by atoms with E-state index in [4.69, 9.17) is 15.9 Å². The molecule has 1 amide bonds. The molecule has 1 aromatic heterocycles. The molecule has 0 aliphatic heterocycles. The van der Waals surface area contributed by atoms with E-state index in [1.165, 1.54) is 18.4 Å². The summed E-state index contributed by atoms with van der Waals surface area (Å²) in [6, 6.07) is 16.4. The number of benzene rings is 2. The van der Waals surface area contributed by atoms with Gasteiger partial charge in [0.15, 0.2) is 0 Å². The molecule has 3 rings (SSSR count). The molecule has 0 aliphatic carbocycles. The first-order valence-corrected chi connectivity index (χ1v) is 9.74. The molecular weight excluding hydrogens is 390 g/mol. The van der Waals surface area contributed by atoms with Crippen molar-refractivity contribution in [3.63, 3.8) is 0 Å². The normalized spacial score (nSPS) is 11.6. The van der Waals surface area contributed by atoms with Crippen LogP contribution in [-0.2, 0) is 14.3 Å². The number of fused-ring (bicyclic) bond motifs is 1. The van der Waals surface area contributed by atoms with Crippen molar-refractivity contribution in [2.24, 2.45) is 5.73 Å². The van der Waals surface area contributed by atoms with Gasteiger partial charge in [0.1, 0.15) is 11.6 Å². The van der Waals surface area contributed by atoms with Crippen LogP contribution in [0.3, 0.4) is 0 Å². The van der Waals surface area contributed by atoms with Gasteiger partial charge < -0.3 is 20.5 Å². The van der Waals surface area contributed by atoms with Crippen molar-refractivity contribution in [1.82, 2.24) is 5.32 Å².